The molecule has 2 heterocycles. The predicted molar refractivity (Wildman–Crippen MR) is 126 cm³/mol. The Balaban J connectivity index is 1.31. The normalized spacial score (nSPS) is 16.4. The number of aromatic nitrogens is 1. The number of methoxy groups -OCH3 is 1. The van der Waals surface area contributed by atoms with Gasteiger partial charge in [0.1, 0.15) is 12.3 Å². The van der Waals surface area contributed by atoms with Gasteiger partial charge in [-0.1, -0.05) is 6.92 Å². The molecule has 1 aliphatic carbocycles. The number of hydrogen-bond acceptors (Lipinski definition) is 6. The van der Waals surface area contributed by atoms with E-state index in [9.17, 15) is 14.4 Å². The van der Waals surface area contributed by atoms with Crippen molar-refractivity contribution in [1.29, 1.82) is 0 Å². The van der Waals surface area contributed by atoms with Crippen LogP contribution in [0.15, 0.2) is 29.6 Å². The van der Waals surface area contributed by atoms with Crippen LogP contribution in [0, 0.1) is 5.92 Å². The highest BCUT2D eigenvalue weighted by atomic mass is 32.1. The van der Waals surface area contributed by atoms with Gasteiger partial charge in [0.05, 0.1) is 19.2 Å². The Morgan fingerprint density at radius 3 is 2.48 bits per heavy atom. The first-order chi connectivity index (χ1) is 15.9. The summed E-state index contributed by atoms with van der Waals surface area (Å²) in [6.45, 7) is 3.78. The zero-order valence-corrected chi connectivity index (χ0v) is 19.9. The third kappa shape index (κ3) is 6.10. The Hall–Kier alpha value is -2.94. The minimum Gasteiger partial charge on any atom is -0.497 e. The van der Waals surface area contributed by atoms with Gasteiger partial charge in [-0.25, -0.2) is 4.98 Å². The highest BCUT2D eigenvalue weighted by Gasteiger charge is 2.34. The van der Waals surface area contributed by atoms with Crippen molar-refractivity contribution in [2.24, 2.45) is 5.92 Å². The lowest BCUT2D eigenvalue weighted by Gasteiger charge is -2.30. The molecule has 1 N–H and O–H groups in total. The van der Waals surface area contributed by atoms with Gasteiger partial charge in [0.2, 0.25) is 11.8 Å². The zero-order chi connectivity index (χ0) is 23.4. The van der Waals surface area contributed by atoms with E-state index in [1.54, 1.807) is 41.7 Å². The molecule has 0 radical (unpaired) electrons. The molecule has 8 nitrogen and oxygen atoms in total. The second-order valence-electron chi connectivity index (χ2n) is 8.82. The van der Waals surface area contributed by atoms with Gasteiger partial charge in [0.15, 0.2) is 5.13 Å². The standard InChI is InChI=1S/C24H30N4O4S/c1-16-9-11-27(12-10-16)22(30)13-18-15-33-24(25-18)26-21(29)14-28(19-5-6-19)23(31)17-3-7-20(32-2)8-4-17/h3-4,7-8,15-16,19H,5-6,9-14H2,1-2H3,(H,25,26,29). The largest absolute Gasteiger partial charge is 0.497 e. The molecular formula is C24H30N4O4S. The molecular weight excluding hydrogens is 440 g/mol. The van der Waals surface area contributed by atoms with Crippen molar-refractivity contribution < 1.29 is 19.1 Å². The molecule has 1 aromatic heterocycles. The summed E-state index contributed by atoms with van der Waals surface area (Å²) in [4.78, 5) is 46.1. The van der Waals surface area contributed by atoms with Gasteiger partial charge in [0.25, 0.3) is 5.91 Å². The van der Waals surface area contributed by atoms with Crippen LogP contribution in [0.3, 0.4) is 0 Å². The molecule has 1 aliphatic heterocycles. The summed E-state index contributed by atoms with van der Waals surface area (Å²) in [6, 6.07) is 6.98. The highest BCUT2D eigenvalue weighted by Crippen LogP contribution is 2.29. The molecule has 2 fully saturated rings. The van der Waals surface area contributed by atoms with Gasteiger partial charge in [-0.05, 0) is 55.9 Å². The first-order valence-electron chi connectivity index (χ1n) is 11.4. The Labute approximate surface area is 197 Å². The highest BCUT2D eigenvalue weighted by molar-refractivity contribution is 7.13. The summed E-state index contributed by atoms with van der Waals surface area (Å²) < 4.78 is 5.15. The number of carbonyl (C=O) groups excluding carboxylic acids is 3. The average Bonchev–Trinajstić information content (AvgIpc) is 3.57. The number of likely N-dealkylation sites (tertiary alicyclic amines) is 1. The lowest BCUT2D eigenvalue weighted by Crippen LogP contribution is -2.39. The van der Waals surface area contributed by atoms with E-state index in [2.05, 4.69) is 17.2 Å². The van der Waals surface area contributed by atoms with Crippen LogP contribution >= 0.6 is 11.3 Å². The first kappa shape index (κ1) is 23.2. The second kappa shape index (κ2) is 10.3. The number of benzene rings is 1. The molecule has 2 aromatic rings. The van der Waals surface area contributed by atoms with Crippen LogP contribution in [0.25, 0.3) is 0 Å². The van der Waals surface area contributed by atoms with E-state index in [1.165, 1.54) is 11.3 Å². The van der Waals surface area contributed by atoms with E-state index in [4.69, 9.17) is 4.74 Å². The van der Waals surface area contributed by atoms with Gasteiger partial charge in [-0.2, -0.15) is 0 Å². The van der Waals surface area contributed by atoms with E-state index in [0.717, 1.165) is 38.8 Å². The van der Waals surface area contributed by atoms with Crippen LogP contribution in [-0.4, -0.2) is 65.3 Å². The number of rotatable bonds is 8. The number of nitrogens with zero attached hydrogens (tertiary/aromatic N) is 3. The quantitative estimate of drug-likeness (QED) is 0.640. The smallest absolute Gasteiger partial charge is 0.254 e. The third-order valence-electron chi connectivity index (χ3n) is 6.17. The number of piperidine rings is 1. The summed E-state index contributed by atoms with van der Waals surface area (Å²) in [7, 11) is 1.58. The Morgan fingerprint density at radius 1 is 1.15 bits per heavy atom. The van der Waals surface area contributed by atoms with Crippen LogP contribution < -0.4 is 10.1 Å². The van der Waals surface area contributed by atoms with Crippen molar-refractivity contribution in [3.63, 3.8) is 0 Å². The van der Waals surface area contributed by atoms with Crippen LogP contribution in [0.2, 0.25) is 0 Å². The molecule has 1 saturated heterocycles. The molecule has 9 heteroatoms. The topological polar surface area (TPSA) is 91.8 Å². The van der Waals surface area contributed by atoms with Gasteiger partial charge >= 0.3 is 0 Å². The van der Waals surface area contributed by atoms with E-state index in [1.807, 2.05) is 4.90 Å². The Bertz CT molecular complexity index is 994. The average molecular weight is 471 g/mol. The first-order valence-corrected chi connectivity index (χ1v) is 12.3. The molecule has 0 unspecified atom stereocenters. The number of nitrogens with one attached hydrogen (secondary N) is 1. The summed E-state index contributed by atoms with van der Waals surface area (Å²) in [5, 5.41) is 5.04. The van der Waals surface area contributed by atoms with Gasteiger partial charge in [-0.15, -0.1) is 11.3 Å². The fraction of sp³-hybridized carbons (Fsp3) is 0.500. The third-order valence-corrected chi connectivity index (χ3v) is 6.97. The molecule has 0 bridgehead atoms. The van der Waals surface area contributed by atoms with E-state index < -0.39 is 0 Å². The molecule has 1 saturated carbocycles. The predicted octanol–water partition coefficient (Wildman–Crippen LogP) is 3.20. The molecule has 4 rings (SSSR count). The lowest BCUT2D eigenvalue weighted by molar-refractivity contribution is -0.131. The Morgan fingerprint density at radius 2 is 1.85 bits per heavy atom. The monoisotopic (exact) mass is 470 g/mol. The molecule has 3 amide bonds. The van der Waals surface area contributed by atoms with Crippen LogP contribution in [-0.2, 0) is 16.0 Å². The molecule has 0 spiro atoms. The molecule has 0 atom stereocenters. The van der Waals surface area contributed by atoms with E-state index in [-0.39, 0.29) is 36.7 Å². The maximum atomic E-state index is 13.0. The van der Waals surface area contributed by atoms with Crippen molar-refractivity contribution in [3.8, 4) is 5.75 Å². The SMILES string of the molecule is COc1ccc(C(=O)N(CC(=O)Nc2nc(CC(=O)N3CCC(C)CC3)cs2)C2CC2)cc1. The van der Waals surface area contributed by atoms with E-state index >= 15 is 0 Å². The van der Waals surface area contributed by atoms with Gasteiger partial charge in [0, 0.05) is 30.1 Å². The van der Waals surface area contributed by atoms with Crippen molar-refractivity contribution in [2.45, 2.75) is 45.1 Å². The number of hydrogen-bond donors (Lipinski definition) is 1. The number of amides is 3. The fourth-order valence-corrected chi connectivity index (χ4v) is 4.66. The van der Waals surface area contributed by atoms with Gasteiger partial charge in [-0.3, -0.25) is 14.4 Å². The van der Waals surface area contributed by atoms with Crippen LogP contribution in [0.5, 0.6) is 5.75 Å². The van der Waals surface area contributed by atoms with Crippen LogP contribution in [0.1, 0.15) is 48.7 Å². The number of carbonyl (C=O) groups is 3. The minimum atomic E-state index is -0.291. The summed E-state index contributed by atoms with van der Waals surface area (Å²) in [5.41, 5.74) is 1.19. The van der Waals surface area contributed by atoms with Crippen molar-refractivity contribution in [1.82, 2.24) is 14.8 Å². The fourth-order valence-electron chi connectivity index (χ4n) is 3.94. The van der Waals surface area contributed by atoms with Crippen LogP contribution in [0.4, 0.5) is 5.13 Å². The van der Waals surface area contributed by atoms with Crippen molar-refractivity contribution >= 4 is 34.2 Å². The molecule has 176 valence electrons. The number of ether oxygens (including phenoxy) is 1. The number of anilines is 1. The summed E-state index contributed by atoms with van der Waals surface area (Å²) in [6.07, 6.45) is 4.11. The van der Waals surface area contributed by atoms with Gasteiger partial charge < -0.3 is 19.9 Å². The summed E-state index contributed by atoms with van der Waals surface area (Å²) in [5.74, 6) is 0.963. The minimum absolute atomic E-state index is 0.0324. The lowest BCUT2D eigenvalue weighted by atomic mass is 9.99. The maximum Gasteiger partial charge on any atom is 0.254 e. The zero-order valence-electron chi connectivity index (χ0n) is 19.1. The number of thiazole rings is 1. The maximum absolute atomic E-state index is 13.0. The Kier molecular flexibility index (Phi) is 7.27. The molecule has 2 aliphatic rings. The summed E-state index contributed by atoms with van der Waals surface area (Å²) >= 11 is 1.30. The second-order valence-corrected chi connectivity index (χ2v) is 9.68. The van der Waals surface area contributed by atoms with Crippen molar-refractivity contribution in [2.75, 3.05) is 32.1 Å². The van der Waals surface area contributed by atoms with Crippen molar-refractivity contribution in [3.05, 3.63) is 40.9 Å². The molecule has 33 heavy (non-hydrogen) atoms. The molecule has 1 aromatic carbocycles. The van der Waals surface area contributed by atoms with E-state index in [0.29, 0.717) is 28.1 Å².